The van der Waals surface area contributed by atoms with E-state index in [4.69, 9.17) is 9.47 Å². The van der Waals surface area contributed by atoms with Gasteiger partial charge in [0.25, 0.3) is 0 Å². The Morgan fingerprint density at radius 1 is 1.42 bits per heavy atom. The molecule has 2 rings (SSSR count). The standard InChI is InChI=1S/C13H22N2O4/c1-2-19-12(16)10-4-3-6-15(8-10)13(17)14-11-5-7-18-9-11/h10-11H,2-9H2,1H3,(H,14,17)/t10-,11?/m1/s1. The zero-order chi connectivity index (χ0) is 13.7. The number of ether oxygens (including phenoxy) is 2. The third-order valence-corrected chi connectivity index (χ3v) is 3.59. The summed E-state index contributed by atoms with van der Waals surface area (Å²) in [5, 5.41) is 2.95. The van der Waals surface area contributed by atoms with Crippen molar-refractivity contribution in [2.75, 3.05) is 32.9 Å². The molecule has 2 aliphatic heterocycles. The zero-order valence-corrected chi connectivity index (χ0v) is 11.4. The van der Waals surface area contributed by atoms with Gasteiger partial charge in [-0.05, 0) is 26.2 Å². The Morgan fingerprint density at radius 2 is 2.26 bits per heavy atom. The molecule has 0 aromatic carbocycles. The van der Waals surface area contributed by atoms with E-state index in [-0.39, 0.29) is 24.0 Å². The van der Waals surface area contributed by atoms with Crippen LogP contribution in [0.5, 0.6) is 0 Å². The fourth-order valence-corrected chi connectivity index (χ4v) is 2.53. The van der Waals surface area contributed by atoms with Crippen LogP contribution in [0.4, 0.5) is 4.79 Å². The lowest BCUT2D eigenvalue weighted by atomic mass is 9.98. The maximum Gasteiger partial charge on any atom is 0.317 e. The molecule has 1 N–H and O–H groups in total. The Kier molecular flexibility index (Phi) is 5.01. The zero-order valence-electron chi connectivity index (χ0n) is 11.4. The van der Waals surface area contributed by atoms with Gasteiger partial charge in [0, 0.05) is 19.7 Å². The Hall–Kier alpha value is -1.30. The van der Waals surface area contributed by atoms with Crippen molar-refractivity contribution in [3.8, 4) is 0 Å². The molecule has 0 aromatic rings. The lowest BCUT2D eigenvalue weighted by Crippen LogP contribution is -2.50. The second kappa shape index (κ2) is 6.75. The number of hydrogen-bond acceptors (Lipinski definition) is 4. The number of amides is 2. The number of nitrogens with one attached hydrogen (secondary N) is 1. The van der Waals surface area contributed by atoms with E-state index >= 15 is 0 Å². The van der Waals surface area contributed by atoms with E-state index < -0.39 is 0 Å². The Morgan fingerprint density at radius 3 is 2.95 bits per heavy atom. The Bertz CT molecular complexity index is 329. The fraction of sp³-hybridized carbons (Fsp3) is 0.846. The van der Waals surface area contributed by atoms with Crippen molar-refractivity contribution >= 4 is 12.0 Å². The first-order valence-electron chi connectivity index (χ1n) is 7.00. The van der Waals surface area contributed by atoms with Gasteiger partial charge in [0.05, 0.1) is 25.2 Å². The topological polar surface area (TPSA) is 67.9 Å². The molecule has 2 atom stereocenters. The predicted molar refractivity (Wildman–Crippen MR) is 68.7 cm³/mol. The SMILES string of the molecule is CCOC(=O)[C@@H]1CCCN(C(=O)NC2CCOC2)C1. The van der Waals surface area contributed by atoms with Gasteiger partial charge in [0.2, 0.25) is 0 Å². The number of nitrogens with zero attached hydrogens (tertiary/aromatic N) is 1. The van der Waals surface area contributed by atoms with Crippen molar-refractivity contribution in [2.45, 2.75) is 32.2 Å². The summed E-state index contributed by atoms with van der Waals surface area (Å²) in [6.07, 6.45) is 2.51. The highest BCUT2D eigenvalue weighted by atomic mass is 16.5. The first-order valence-corrected chi connectivity index (χ1v) is 7.00. The summed E-state index contributed by atoms with van der Waals surface area (Å²) in [6.45, 7) is 4.64. The summed E-state index contributed by atoms with van der Waals surface area (Å²) in [4.78, 5) is 25.5. The van der Waals surface area contributed by atoms with Gasteiger partial charge >= 0.3 is 12.0 Å². The molecule has 2 heterocycles. The molecule has 2 amide bonds. The molecule has 19 heavy (non-hydrogen) atoms. The summed E-state index contributed by atoms with van der Waals surface area (Å²) < 4.78 is 10.3. The summed E-state index contributed by atoms with van der Waals surface area (Å²) in [5.41, 5.74) is 0. The van der Waals surface area contributed by atoms with Gasteiger partial charge in [0.15, 0.2) is 0 Å². The Balaban J connectivity index is 1.82. The van der Waals surface area contributed by atoms with Crippen LogP contribution in [0.2, 0.25) is 0 Å². The van der Waals surface area contributed by atoms with E-state index in [1.807, 2.05) is 0 Å². The number of likely N-dealkylation sites (tertiary alicyclic amines) is 1. The van der Waals surface area contributed by atoms with Crippen LogP contribution >= 0.6 is 0 Å². The minimum Gasteiger partial charge on any atom is -0.466 e. The lowest BCUT2D eigenvalue weighted by molar-refractivity contribution is -0.149. The van der Waals surface area contributed by atoms with Crippen LogP contribution in [0.3, 0.4) is 0 Å². The molecule has 2 fully saturated rings. The molecule has 1 unspecified atom stereocenters. The van der Waals surface area contributed by atoms with Crippen molar-refractivity contribution in [1.29, 1.82) is 0 Å². The fourth-order valence-electron chi connectivity index (χ4n) is 2.53. The maximum atomic E-state index is 12.1. The number of urea groups is 1. The van der Waals surface area contributed by atoms with Crippen LogP contribution in [-0.2, 0) is 14.3 Å². The molecule has 0 aliphatic carbocycles. The number of rotatable bonds is 3. The van der Waals surface area contributed by atoms with E-state index in [1.165, 1.54) is 0 Å². The maximum absolute atomic E-state index is 12.1. The van der Waals surface area contributed by atoms with Crippen LogP contribution < -0.4 is 5.32 Å². The second-order valence-corrected chi connectivity index (χ2v) is 5.05. The van der Waals surface area contributed by atoms with Gasteiger partial charge in [-0.2, -0.15) is 0 Å². The van der Waals surface area contributed by atoms with Crippen molar-refractivity contribution in [2.24, 2.45) is 5.92 Å². The number of hydrogen-bond donors (Lipinski definition) is 1. The van der Waals surface area contributed by atoms with Gasteiger partial charge in [0.1, 0.15) is 0 Å². The largest absolute Gasteiger partial charge is 0.466 e. The first kappa shape index (κ1) is 14.1. The summed E-state index contributed by atoms with van der Waals surface area (Å²) in [7, 11) is 0. The first-order chi connectivity index (χ1) is 9.20. The van der Waals surface area contributed by atoms with Crippen molar-refractivity contribution < 1.29 is 19.1 Å². The van der Waals surface area contributed by atoms with E-state index in [0.717, 1.165) is 19.3 Å². The molecule has 2 saturated heterocycles. The molecule has 108 valence electrons. The van der Waals surface area contributed by atoms with Crippen LogP contribution in [-0.4, -0.2) is 55.9 Å². The normalized spacial score (nSPS) is 27.1. The average molecular weight is 270 g/mol. The molecule has 0 radical (unpaired) electrons. The van der Waals surface area contributed by atoms with Crippen LogP contribution in [0, 0.1) is 5.92 Å². The number of piperidine rings is 1. The van der Waals surface area contributed by atoms with Crippen LogP contribution in [0.15, 0.2) is 0 Å². The van der Waals surface area contributed by atoms with E-state index in [0.29, 0.717) is 32.9 Å². The van der Waals surface area contributed by atoms with Crippen LogP contribution in [0.1, 0.15) is 26.2 Å². The molecule has 0 saturated carbocycles. The van der Waals surface area contributed by atoms with E-state index in [9.17, 15) is 9.59 Å². The average Bonchev–Trinajstić information content (AvgIpc) is 2.92. The van der Waals surface area contributed by atoms with E-state index in [1.54, 1.807) is 11.8 Å². The van der Waals surface area contributed by atoms with Gasteiger partial charge in [-0.3, -0.25) is 4.79 Å². The highest BCUT2D eigenvalue weighted by Crippen LogP contribution is 2.18. The molecular formula is C13H22N2O4. The summed E-state index contributed by atoms with van der Waals surface area (Å²) in [5.74, 6) is -0.372. The van der Waals surface area contributed by atoms with Gasteiger partial charge in [-0.15, -0.1) is 0 Å². The highest BCUT2D eigenvalue weighted by Gasteiger charge is 2.30. The predicted octanol–water partition coefficient (Wildman–Crippen LogP) is 0.760. The minimum absolute atomic E-state index is 0.0931. The molecule has 6 nitrogen and oxygen atoms in total. The van der Waals surface area contributed by atoms with E-state index in [2.05, 4.69) is 5.32 Å². The monoisotopic (exact) mass is 270 g/mol. The second-order valence-electron chi connectivity index (χ2n) is 5.05. The summed E-state index contributed by atoms with van der Waals surface area (Å²) in [6, 6.07) is 0.0139. The number of carbonyl (C=O) groups is 2. The number of carbonyl (C=O) groups excluding carboxylic acids is 2. The van der Waals surface area contributed by atoms with Crippen molar-refractivity contribution in [3.05, 3.63) is 0 Å². The quantitative estimate of drug-likeness (QED) is 0.769. The minimum atomic E-state index is -0.191. The lowest BCUT2D eigenvalue weighted by Gasteiger charge is -2.32. The third-order valence-electron chi connectivity index (χ3n) is 3.59. The van der Waals surface area contributed by atoms with Crippen molar-refractivity contribution in [1.82, 2.24) is 10.2 Å². The summed E-state index contributed by atoms with van der Waals surface area (Å²) >= 11 is 0. The van der Waals surface area contributed by atoms with Gasteiger partial charge in [-0.1, -0.05) is 0 Å². The third kappa shape index (κ3) is 3.83. The van der Waals surface area contributed by atoms with Crippen molar-refractivity contribution in [3.63, 3.8) is 0 Å². The smallest absolute Gasteiger partial charge is 0.317 e. The van der Waals surface area contributed by atoms with Gasteiger partial charge < -0.3 is 19.7 Å². The van der Waals surface area contributed by atoms with Gasteiger partial charge in [-0.25, -0.2) is 4.79 Å². The Labute approximate surface area is 113 Å². The van der Waals surface area contributed by atoms with Crippen LogP contribution in [0.25, 0.3) is 0 Å². The molecule has 0 spiro atoms. The molecular weight excluding hydrogens is 248 g/mol. The highest BCUT2D eigenvalue weighted by molar-refractivity contribution is 5.77. The molecule has 0 aromatic heterocycles. The molecule has 6 heteroatoms. The number of esters is 1. The molecule has 2 aliphatic rings. The molecule has 0 bridgehead atoms.